The molecule has 1 aromatic heterocycles. The molecular weight excluding hydrogens is 322 g/mol. The van der Waals surface area contributed by atoms with Gasteiger partial charge in [0.2, 0.25) is 0 Å². The molecule has 2 aromatic rings. The summed E-state index contributed by atoms with van der Waals surface area (Å²) in [6, 6.07) is 9.79. The minimum Gasteiger partial charge on any atom is -0.467 e. The van der Waals surface area contributed by atoms with Gasteiger partial charge in [-0.25, -0.2) is 0 Å². The molecule has 0 unspecified atom stereocenters. The van der Waals surface area contributed by atoms with Gasteiger partial charge in [-0.05, 0) is 56.1 Å². The SMILES string of the molecule is Brc1cccc(Br)c1NCc1ccco1. The number of hydrogen-bond acceptors (Lipinski definition) is 2. The molecule has 1 heterocycles. The largest absolute Gasteiger partial charge is 0.467 e. The Labute approximate surface area is 105 Å². The van der Waals surface area contributed by atoms with Gasteiger partial charge < -0.3 is 9.73 Å². The van der Waals surface area contributed by atoms with Crippen LogP contribution in [0.1, 0.15) is 5.76 Å². The fourth-order valence-electron chi connectivity index (χ4n) is 1.26. The molecule has 4 heteroatoms. The summed E-state index contributed by atoms with van der Waals surface area (Å²) in [5, 5.41) is 3.30. The molecular formula is C11H9Br2NO. The second kappa shape index (κ2) is 4.86. The van der Waals surface area contributed by atoms with Crippen molar-refractivity contribution in [2.24, 2.45) is 0 Å². The average molecular weight is 331 g/mol. The highest BCUT2D eigenvalue weighted by Crippen LogP contribution is 2.30. The van der Waals surface area contributed by atoms with E-state index in [9.17, 15) is 0 Å². The zero-order valence-corrected chi connectivity index (χ0v) is 11.0. The van der Waals surface area contributed by atoms with Crippen molar-refractivity contribution in [2.45, 2.75) is 6.54 Å². The van der Waals surface area contributed by atoms with Crippen LogP contribution in [0.5, 0.6) is 0 Å². The van der Waals surface area contributed by atoms with Crippen LogP contribution in [0.4, 0.5) is 5.69 Å². The van der Waals surface area contributed by atoms with Crippen molar-refractivity contribution in [3.05, 3.63) is 51.3 Å². The molecule has 0 saturated heterocycles. The number of furan rings is 1. The second-order valence-corrected chi connectivity index (χ2v) is 4.74. The van der Waals surface area contributed by atoms with E-state index in [1.165, 1.54) is 0 Å². The summed E-state index contributed by atoms with van der Waals surface area (Å²) in [4.78, 5) is 0. The summed E-state index contributed by atoms with van der Waals surface area (Å²) in [6.07, 6.45) is 1.67. The molecule has 0 saturated carbocycles. The topological polar surface area (TPSA) is 25.2 Å². The first-order valence-corrected chi connectivity index (χ1v) is 6.06. The smallest absolute Gasteiger partial charge is 0.122 e. The Morgan fingerprint density at radius 3 is 2.40 bits per heavy atom. The third-order valence-electron chi connectivity index (χ3n) is 1.98. The lowest BCUT2D eigenvalue weighted by molar-refractivity contribution is 0.518. The molecule has 2 nitrogen and oxygen atoms in total. The lowest BCUT2D eigenvalue weighted by Gasteiger charge is -2.08. The fourth-order valence-corrected chi connectivity index (χ4v) is 2.53. The first-order valence-electron chi connectivity index (χ1n) is 4.47. The van der Waals surface area contributed by atoms with E-state index >= 15 is 0 Å². The van der Waals surface area contributed by atoms with E-state index in [1.807, 2.05) is 30.3 Å². The molecule has 0 amide bonds. The highest BCUT2D eigenvalue weighted by Gasteiger charge is 2.04. The number of rotatable bonds is 3. The monoisotopic (exact) mass is 329 g/mol. The van der Waals surface area contributed by atoms with Crippen LogP contribution in [-0.2, 0) is 6.54 Å². The van der Waals surface area contributed by atoms with Crippen molar-refractivity contribution in [2.75, 3.05) is 5.32 Å². The molecule has 15 heavy (non-hydrogen) atoms. The van der Waals surface area contributed by atoms with Crippen LogP contribution in [0, 0.1) is 0 Å². The Kier molecular flexibility index (Phi) is 3.49. The van der Waals surface area contributed by atoms with Crippen LogP contribution < -0.4 is 5.32 Å². The van der Waals surface area contributed by atoms with Gasteiger partial charge in [-0.2, -0.15) is 0 Å². The van der Waals surface area contributed by atoms with Crippen molar-refractivity contribution in [1.29, 1.82) is 0 Å². The maximum absolute atomic E-state index is 5.24. The van der Waals surface area contributed by atoms with Gasteiger partial charge in [0.1, 0.15) is 5.76 Å². The van der Waals surface area contributed by atoms with Crippen molar-refractivity contribution in [1.82, 2.24) is 0 Å². The van der Waals surface area contributed by atoms with Gasteiger partial charge in [0, 0.05) is 8.95 Å². The Morgan fingerprint density at radius 1 is 1.07 bits per heavy atom. The normalized spacial score (nSPS) is 10.3. The van der Waals surface area contributed by atoms with Crippen LogP contribution in [-0.4, -0.2) is 0 Å². The average Bonchev–Trinajstić information content (AvgIpc) is 2.70. The predicted octanol–water partition coefficient (Wildman–Crippen LogP) is 4.42. The van der Waals surface area contributed by atoms with Gasteiger partial charge in [-0.15, -0.1) is 0 Å². The van der Waals surface area contributed by atoms with Gasteiger partial charge in [-0.1, -0.05) is 6.07 Å². The van der Waals surface area contributed by atoms with Crippen LogP contribution >= 0.6 is 31.9 Å². The molecule has 0 bridgehead atoms. The molecule has 1 aromatic carbocycles. The predicted molar refractivity (Wildman–Crippen MR) is 67.9 cm³/mol. The summed E-state index contributed by atoms with van der Waals surface area (Å²) in [5.41, 5.74) is 1.04. The van der Waals surface area contributed by atoms with E-state index in [1.54, 1.807) is 6.26 Å². The number of halogens is 2. The second-order valence-electron chi connectivity index (χ2n) is 3.03. The molecule has 0 radical (unpaired) electrons. The van der Waals surface area contributed by atoms with Gasteiger partial charge >= 0.3 is 0 Å². The number of nitrogens with one attached hydrogen (secondary N) is 1. The number of para-hydroxylation sites is 1. The van der Waals surface area contributed by atoms with Crippen molar-refractivity contribution < 1.29 is 4.42 Å². The molecule has 0 aliphatic carbocycles. The van der Waals surface area contributed by atoms with E-state index in [2.05, 4.69) is 37.2 Å². The lowest BCUT2D eigenvalue weighted by atomic mass is 10.3. The van der Waals surface area contributed by atoms with Crippen LogP contribution in [0.15, 0.2) is 50.0 Å². The minimum atomic E-state index is 0.675. The van der Waals surface area contributed by atoms with Gasteiger partial charge in [0.25, 0.3) is 0 Å². The quantitative estimate of drug-likeness (QED) is 0.901. The summed E-state index contributed by atoms with van der Waals surface area (Å²) < 4.78 is 7.30. The zero-order valence-electron chi connectivity index (χ0n) is 7.84. The van der Waals surface area contributed by atoms with Crippen LogP contribution in [0.2, 0.25) is 0 Å². The summed E-state index contributed by atoms with van der Waals surface area (Å²) in [6.45, 7) is 0.675. The van der Waals surface area contributed by atoms with Crippen molar-refractivity contribution in [3.8, 4) is 0 Å². The molecule has 1 N–H and O–H groups in total. The van der Waals surface area contributed by atoms with E-state index in [0.29, 0.717) is 6.54 Å². The molecule has 0 fully saturated rings. The Bertz CT molecular complexity index is 420. The third-order valence-corrected chi connectivity index (χ3v) is 3.30. The standard InChI is InChI=1S/C11H9Br2NO/c12-9-4-1-5-10(13)11(9)14-7-8-3-2-6-15-8/h1-6,14H,7H2. The lowest BCUT2D eigenvalue weighted by Crippen LogP contribution is -1.99. The Morgan fingerprint density at radius 2 is 1.80 bits per heavy atom. The van der Waals surface area contributed by atoms with E-state index < -0.39 is 0 Å². The maximum atomic E-state index is 5.24. The molecule has 0 aliphatic heterocycles. The van der Waals surface area contributed by atoms with E-state index in [-0.39, 0.29) is 0 Å². The summed E-state index contributed by atoms with van der Waals surface area (Å²) in [5.74, 6) is 0.914. The molecule has 2 rings (SSSR count). The summed E-state index contributed by atoms with van der Waals surface area (Å²) >= 11 is 6.98. The molecule has 0 atom stereocenters. The van der Waals surface area contributed by atoms with Crippen LogP contribution in [0.3, 0.4) is 0 Å². The minimum absolute atomic E-state index is 0.675. The first kappa shape index (κ1) is 10.8. The third kappa shape index (κ3) is 2.63. The first-order chi connectivity index (χ1) is 7.27. The van der Waals surface area contributed by atoms with Gasteiger partial charge in [-0.3, -0.25) is 0 Å². The number of anilines is 1. The molecule has 0 spiro atoms. The van der Waals surface area contributed by atoms with Crippen molar-refractivity contribution in [3.63, 3.8) is 0 Å². The highest BCUT2D eigenvalue weighted by molar-refractivity contribution is 9.11. The van der Waals surface area contributed by atoms with E-state index in [4.69, 9.17) is 4.42 Å². The van der Waals surface area contributed by atoms with Crippen LogP contribution in [0.25, 0.3) is 0 Å². The Hall–Kier alpha value is -0.740. The Balaban J connectivity index is 2.11. The number of benzene rings is 1. The zero-order chi connectivity index (χ0) is 10.7. The van der Waals surface area contributed by atoms with Gasteiger partial charge in [0.05, 0.1) is 18.5 Å². The molecule has 0 aliphatic rings. The van der Waals surface area contributed by atoms with E-state index in [0.717, 1.165) is 20.4 Å². The summed E-state index contributed by atoms with van der Waals surface area (Å²) in [7, 11) is 0. The maximum Gasteiger partial charge on any atom is 0.122 e. The number of hydrogen-bond donors (Lipinski definition) is 1. The van der Waals surface area contributed by atoms with Crippen molar-refractivity contribution >= 4 is 37.5 Å². The molecule has 78 valence electrons. The highest BCUT2D eigenvalue weighted by atomic mass is 79.9. The fraction of sp³-hybridized carbons (Fsp3) is 0.0909. The van der Waals surface area contributed by atoms with Gasteiger partial charge in [0.15, 0.2) is 0 Å².